The molecule has 0 radical (unpaired) electrons. The molecule has 1 fully saturated rings. The van der Waals surface area contributed by atoms with Crippen LogP contribution >= 0.6 is 0 Å². The summed E-state index contributed by atoms with van der Waals surface area (Å²) < 4.78 is 7.12. The molecule has 1 aliphatic rings. The van der Waals surface area contributed by atoms with Crippen LogP contribution in [0.4, 0.5) is 0 Å². The van der Waals surface area contributed by atoms with Crippen molar-refractivity contribution >= 4 is 16.8 Å². The summed E-state index contributed by atoms with van der Waals surface area (Å²) in [6.45, 7) is 3.82. The fraction of sp³-hybridized carbons (Fsp3) is 0.409. The third kappa shape index (κ3) is 3.88. The maximum Gasteiger partial charge on any atom is 0.254 e. The Bertz CT molecular complexity index is 1020. The lowest BCUT2D eigenvalue weighted by Gasteiger charge is -2.31. The van der Waals surface area contributed by atoms with E-state index in [1.54, 1.807) is 10.9 Å². The third-order valence-corrected chi connectivity index (χ3v) is 5.59. The van der Waals surface area contributed by atoms with Crippen LogP contribution < -0.4 is 0 Å². The van der Waals surface area contributed by atoms with Gasteiger partial charge >= 0.3 is 0 Å². The molecule has 0 spiro atoms. The Balaban J connectivity index is 1.79. The average molecular weight is 394 g/mol. The van der Waals surface area contributed by atoms with Crippen LogP contribution in [0.5, 0.6) is 0 Å². The third-order valence-electron chi connectivity index (χ3n) is 5.59. The van der Waals surface area contributed by atoms with Gasteiger partial charge in [-0.3, -0.25) is 9.48 Å². The molecule has 152 valence electrons. The molecule has 0 atom stereocenters. The number of ether oxygens (including phenoxy) is 1. The summed E-state index contributed by atoms with van der Waals surface area (Å²) in [5.41, 5.74) is 4.03. The van der Waals surface area contributed by atoms with Gasteiger partial charge in [0, 0.05) is 43.4 Å². The number of pyridine rings is 1. The van der Waals surface area contributed by atoms with Gasteiger partial charge in [0.15, 0.2) is 0 Å². The highest BCUT2D eigenvalue weighted by Crippen LogP contribution is 2.28. The minimum absolute atomic E-state index is 0.00102. The largest absolute Gasteiger partial charge is 0.394 e. The molecule has 4 rings (SSSR count). The maximum atomic E-state index is 13.5. The number of amides is 1. The van der Waals surface area contributed by atoms with Gasteiger partial charge in [-0.25, -0.2) is 4.98 Å². The van der Waals surface area contributed by atoms with E-state index in [-0.39, 0.29) is 18.6 Å². The van der Waals surface area contributed by atoms with Crippen molar-refractivity contribution in [1.29, 1.82) is 0 Å². The van der Waals surface area contributed by atoms with E-state index in [4.69, 9.17) is 14.8 Å². The minimum atomic E-state index is -0.00102. The van der Waals surface area contributed by atoms with Crippen LogP contribution in [-0.2, 0) is 11.3 Å². The Morgan fingerprint density at radius 2 is 2.14 bits per heavy atom. The lowest BCUT2D eigenvalue weighted by atomic mass is 10.0. The second-order valence-corrected chi connectivity index (χ2v) is 7.50. The van der Waals surface area contributed by atoms with E-state index < -0.39 is 0 Å². The molecule has 0 bridgehead atoms. The summed E-state index contributed by atoms with van der Waals surface area (Å²) >= 11 is 0. The van der Waals surface area contributed by atoms with E-state index in [0.29, 0.717) is 31.0 Å². The van der Waals surface area contributed by atoms with Crippen LogP contribution in [0.25, 0.3) is 22.2 Å². The first kappa shape index (κ1) is 19.5. The summed E-state index contributed by atoms with van der Waals surface area (Å²) in [4.78, 5) is 20.1. The molecule has 1 aliphatic heterocycles. The molecule has 2 aromatic heterocycles. The van der Waals surface area contributed by atoms with Crippen molar-refractivity contribution in [1.82, 2.24) is 19.7 Å². The van der Waals surface area contributed by atoms with Crippen molar-refractivity contribution in [3.63, 3.8) is 0 Å². The number of fused-ring (bicyclic) bond motifs is 1. The number of hydrogen-bond acceptors (Lipinski definition) is 5. The lowest BCUT2D eigenvalue weighted by Crippen LogP contribution is -2.40. The van der Waals surface area contributed by atoms with Crippen LogP contribution in [0, 0.1) is 6.92 Å². The number of nitrogens with zero attached hydrogens (tertiary/aromatic N) is 4. The van der Waals surface area contributed by atoms with Gasteiger partial charge in [0.2, 0.25) is 0 Å². The Morgan fingerprint density at radius 3 is 2.90 bits per heavy atom. The zero-order chi connectivity index (χ0) is 20.4. The average Bonchev–Trinajstić information content (AvgIpc) is 3.22. The molecule has 1 amide bonds. The van der Waals surface area contributed by atoms with Crippen LogP contribution in [0.15, 0.2) is 36.7 Å². The number of rotatable bonds is 5. The molecule has 7 heteroatoms. The molecule has 3 aromatic rings. The fourth-order valence-corrected chi connectivity index (χ4v) is 3.87. The number of aryl methyl sites for hydroxylation is 1. The van der Waals surface area contributed by atoms with E-state index in [1.165, 1.54) is 0 Å². The van der Waals surface area contributed by atoms with Gasteiger partial charge < -0.3 is 14.7 Å². The van der Waals surface area contributed by atoms with E-state index in [0.717, 1.165) is 34.9 Å². The van der Waals surface area contributed by atoms with Gasteiger partial charge in [0.1, 0.15) is 0 Å². The number of hydrogen-bond donors (Lipinski definition) is 1. The molecule has 1 N–H and O–H groups in total. The predicted octanol–water partition coefficient (Wildman–Crippen LogP) is 2.65. The monoisotopic (exact) mass is 394 g/mol. The van der Waals surface area contributed by atoms with Gasteiger partial charge in [0.25, 0.3) is 5.91 Å². The molecule has 7 nitrogen and oxygen atoms in total. The number of carbonyl (C=O) groups excluding carboxylic acids is 1. The topological polar surface area (TPSA) is 80.5 Å². The zero-order valence-electron chi connectivity index (χ0n) is 16.8. The van der Waals surface area contributed by atoms with Gasteiger partial charge in [0.05, 0.1) is 36.1 Å². The summed E-state index contributed by atoms with van der Waals surface area (Å²) in [7, 11) is 1.87. The van der Waals surface area contributed by atoms with E-state index in [9.17, 15) is 4.79 Å². The van der Waals surface area contributed by atoms with E-state index in [2.05, 4.69) is 5.10 Å². The highest BCUT2D eigenvalue weighted by Gasteiger charge is 2.25. The molecule has 0 unspecified atom stereocenters. The number of carbonyl (C=O) groups is 1. The predicted molar refractivity (Wildman–Crippen MR) is 111 cm³/mol. The Kier molecular flexibility index (Phi) is 5.60. The quantitative estimate of drug-likeness (QED) is 0.720. The van der Waals surface area contributed by atoms with Crippen molar-refractivity contribution in [2.75, 3.05) is 26.9 Å². The van der Waals surface area contributed by atoms with Gasteiger partial charge in [-0.05, 0) is 31.4 Å². The summed E-state index contributed by atoms with van der Waals surface area (Å²) in [6, 6.07) is 7.97. The van der Waals surface area contributed by atoms with Crippen LogP contribution in [-0.4, -0.2) is 63.6 Å². The summed E-state index contributed by atoms with van der Waals surface area (Å²) in [5.74, 6) is -0.00102. The van der Waals surface area contributed by atoms with Gasteiger partial charge in [-0.2, -0.15) is 5.10 Å². The summed E-state index contributed by atoms with van der Waals surface area (Å²) in [5, 5.41) is 14.3. The zero-order valence-corrected chi connectivity index (χ0v) is 16.8. The Morgan fingerprint density at radius 1 is 1.34 bits per heavy atom. The Labute approximate surface area is 169 Å². The number of para-hydroxylation sites is 1. The number of benzene rings is 1. The molecule has 29 heavy (non-hydrogen) atoms. The van der Waals surface area contributed by atoms with E-state index >= 15 is 0 Å². The smallest absolute Gasteiger partial charge is 0.254 e. The molecular weight excluding hydrogens is 368 g/mol. The number of aliphatic hydroxyl groups excluding tert-OH is 1. The molecule has 3 heterocycles. The van der Waals surface area contributed by atoms with Gasteiger partial charge in [-0.15, -0.1) is 0 Å². The van der Waals surface area contributed by atoms with Crippen molar-refractivity contribution in [3.8, 4) is 11.3 Å². The van der Waals surface area contributed by atoms with Crippen molar-refractivity contribution in [2.45, 2.75) is 32.4 Å². The van der Waals surface area contributed by atoms with Crippen molar-refractivity contribution in [3.05, 3.63) is 47.8 Å². The maximum absolute atomic E-state index is 13.5. The second kappa shape index (κ2) is 8.31. The normalized spacial score (nSPS) is 15.0. The first-order valence-electron chi connectivity index (χ1n) is 9.97. The molecule has 0 saturated carbocycles. The second-order valence-electron chi connectivity index (χ2n) is 7.50. The lowest BCUT2D eigenvalue weighted by molar-refractivity contribution is 0.0363. The molecule has 1 aromatic carbocycles. The van der Waals surface area contributed by atoms with Gasteiger partial charge in [-0.1, -0.05) is 18.2 Å². The van der Waals surface area contributed by atoms with E-state index in [1.807, 2.05) is 49.3 Å². The standard InChI is InChI=1S/C22H26N4O3/c1-15-4-3-5-18-19(22(28)25(2)17-6-10-29-11-7-17)12-20(24-21(15)18)16-13-23-26(14-16)8-9-27/h3-5,12-14,17,27H,6-11H2,1-2H3. The highest BCUT2D eigenvalue weighted by molar-refractivity contribution is 6.07. The van der Waals surface area contributed by atoms with Crippen LogP contribution in [0.1, 0.15) is 28.8 Å². The first-order chi connectivity index (χ1) is 14.1. The summed E-state index contributed by atoms with van der Waals surface area (Å²) in [6.07, 6.45) is 5.27. The number of aliphatic hydroxyl groups is 1. The van der Waals surface area contributed by atoms with Crippen LogP contribution in [0.2, 0.25) is 0 Å². The van der Waals surface area contributed by atoms with Crippen molar-refractivity contribution < 1.29 is 14.6 Å². The fourth-order valence-electron chi connectivity index (χ4n) is 3.87. The SMILES string of the molecule is Cc1cccc2c(C(=O)N(C)C3CCOCC3)cc(-c3cnn(CCO)c3)nc12. The Hall–Kier alpha value is -2.77. The molecular formula is C22H26N4O3. The van der Waals surface area contributed by atoms with Crippen molar-refractivity contribution in [2.24, 2.45) is 0 Å². The van der Waals surface area contributed by atoms with Crippen LogP contribution in [0.3, 0.4) is 0 Å². The first-order valence-corrected chi connectivity index (χ1v) is 9.97. The molecule has 1 saturated heterocycles. The highest BCUT2D eigenvalue weighted by atomic mass is 16.5. The minimum Gasteiger partial charge on any atom is -0.394 e. The molecule has 0 aliphatic carbocycles. The number of aromatic nitrogens is 3.